The van der Waals surface area contributed by atoms with Crippen LogP contribution in [-0.4, -0.2) is 29.4 Å². The number of amides is 2. The van der Waals surface area contributed by atoms with Gasteiger partial charge in [0, 0.05) is 0 Å². The number of esters is 1. The highest BCUT2D eigenvalue weighted by Gasteiger charge is 2.40. The van der Waals surface area contributed by atoms with Crippen molar-refractivity contribution in [1.29, 1.82) is 0 Å². The summed E-state index contributed by atoms with van der Waals surface area (Å²) in [5, 5.41) is 6.19. The van der Waals surface area contributed by atoms with Crippen LogP contribution in [0.1, 0.15) is 104 Å². The molecule has 254 valence electrons. The van der Waals surface area contributed by atoms with Gasteiger partial charge in [-0.3, -0.25) is 14.4 Å². The van der Waals surface area contributed by atoms with E-state index in [9.17, 15) is 14.4 Å². The van der Waals surface area contributed by atoms with Crippen LogP contribution in [0.15, 0.2) is 78.9 Å². The first-order chi connectivity index (χ1) is 22.1. The molecule has 4 atom stereocenters. The average molecular weight is 641 g/mol. The third-order valence-corrected chi connectivity index (χ3v) is 8.56. The molecule has 0 aromatic heterocycles. The Hall–Kier alpha value is -3.93. The zero-order valence-corrected chi connectivity index (χ0v) is 30.0. The van der Waals surface area contributed by atoms with Crippen molar-refractivity contribution < 1.29 is 19.1 Å². The highest BCUT2D eigenvalue weighted by Crippen LogP contribution is 2.30. The molecule has 6 heteroatoms. The molecule has 0 fully saturated rings. The first kappa shape index (κ1) is 37.5. The Bertz CT molecular complexity index is 1450. The van der Waals surface area contributed by atoms with Gasteiger partial charge in [0.1, 0.15) is 11.6 Å². The van der Waals surface area contributed by atoms with Crippen LogP contribution < -0.4 is 10.6 Å². The van der Waals surface area contributed by atoms with Crippen LogP contribution in [0.5, 0.6) is 0 Å². The molecule has 0 saturated carbocycles. The van der Waals surface area contributed by atoms with Crippen molar-refractivity contribution in [2.75, 3.05) is 0 Å². The van der Waals surface area contributed by atoms with Crippen LogP contribution in [-0.2, 0) is 25.5 Å². The van der Waals surface area contributed by atoms with Gasteiger partial charge in [-0.15, -0.1) is 0 Å². The van der Waals surface area contributed by atoms with Crippen LogP contribution >= 0.6 is 0 Å². The van der Waals surface area contributed by atoms with E-state index in [-0.39, 0.29) is 23.8 Å². The fraction of sp³-hybridized carbons (Fsp3) is 0.488. The highest BCUT2D eigenvalue weighted by atomic mass is 16.6. The number of hydrogen-bond acceptors (Lipinski definition) is 4. The number of carbonyl (C=O) groups is 3. The number of hydrogen-bond donors (Lipinski definition) is 2. The van der Waals surface area contributed by atoms with Crippen molar-refractivity contribution in [3.63, 3.8) is 0 Å². The van der Waals surface area contributed by atoms with E-state index in [4.69, 9.17) is 4.74 Å². The van der Waals surface area contributed by atoms with Crippen LogP contribution in [0.25, 0.3) is 11.1 Å². The molecule has 3 aromatic rings. The molecule has 2 amide bonds. The quantitative estimate of drug-likeness (QED) is 0.173. The summed E-state index contributed by atoms with van der Waals surface area (Å²) >= 11 is 0. The predicted molar refractivity (Wildman–Crippen MR) is 192 cm³/mol. The third-order valence-electron chi connectivity index (χ3n) is 8.56. The van der Waals surface area contributed by atoms with Gasteiger partial charge in [-0.05, 0) is 93.5 Å². The second kappa shape index (κ2) is 16.8. The largest absolute Gasteiger partial charge is 0.460 e. The van der Waals surface area contributed by atoms with Gasteiger partial charge in [-0.2, -0.15) is 0 Å². The predicted octanol–water partition coefficient (Wildman–Crippen LogP) is 8.77. The minimum Gasteiger partial charge on any atom is -0.460 e. The molecule has 4 unspecified atom stereocenters. The Balaban J connectivity index is 1.84. The maximum absolute atomic E-state index is 14.2. The van der Waals surface area contributed by atoms with Crippen LogP contribution in [0.2, 0.25) is 0 Å². The molecular formula is C41H56N2O4. The average Bonchev–Trinajstić information content (AvgIpc) is 3.00. The molecule has 0 bridgehead atoms. The van der Waals surface area contributed by atoms with Gasteiger partial charge >= 0.3 is 5.97 Å². The van der Waals surface area contributed by atoms with Crippen LogP contribution in [0, 0.1) is 24.2 Å². The number of ether oxygens (including phenoxy) is 1. The topological polar surface area (TPSA) is 84.5 Å². The van der Waals surface area contributed by atoms with Crippen molar-refractivity contribution in [3.8, 4) is 11.1 Å². The van der Waals surface area contributed by atoms with E-state index < -0.39 is 28.9 Å². The summed E-state index contributed by atoms with van der Waals surface area (Å²) in [6.07, 6.45) is 3.22. The molecule has 3 rings (SSSR count). The van der Waals surface area contributed by atoms with Crippen LogP contribution in [0.4, 0.5) is 0 Å². The highest BCUT2D eigenvalue weighted by molar-refractivity contribution is 5.91. The number of carbonyl (C=O) groups excluding carboxylic acids is 3. The van der Waals surface area contributed by atoms with Crippen molar-refractivity contribution in [1.82, 2.24) is 10.6 Å². The summed E-state index contributed by atoms with van der Waals surface area (Å²) < 4.78 is 5.84. The third kappa shape index (κ3) is 11.4. The molecule has 0 aliphatic carbocycles. The second-order valence-corrected chi connectivity index (χ2v) is 14.9. The lowest BCUT2D eigenvalue weighted by atomic mass is 9.81. The molecule has 0 heterocycles. The summed E-state index contributed by atoms with van der Waals surface area (Å²) in [6.45, 7) is 17.4. The first-order valence-electron chi connectivity index (χ1n) is 17.1. The molecule has 0 radical (unpaired) electrons. The minimum absolute atomic E-state index is 0.229. The Morgan fingerprint density at radius 3 is 1.94 bits per heavy atom. The Labute approximate surface area is 283 Å². The number of nitrogens with one attached hydrogen (secondary N) is 2. The first-order valence-corrected chi connectivity index (χ1v) is 17.1. The van der Waals surface area contributed by atoms with Gasteiger partial charge in [-0.1, -0.05) is 113 Å². The van der Waals surface area contributed by atoms with Crippen molar-refractivity contribution in [2.24, 2.45) is 17.3 Å². The van der Waals surface area contributed by atoms with E-state index in [1.165, 1.54) is 22.3 Å². The maximum atomic E-state index is 14.2. The van der Waals surface area contributed by atoms with Crippen molar-refractivity contribution in [2.45, 2.75) is 112 Å². The summed E-state index contributed by atoms with van der Waals surface area (Å²) in [6, 6.07) is 25.6. The lowest BCUT2D eigenvalue weighted by Gasteiger charge is -2.34. The van der Waals surface area contributed by atoms with E-state index >= 15 is 0 Å². The fourth-order valence-electron chi connectivity index (χ4n) is 6.08. The molecule has 47 heavy (non-hydrogen) atoms. The van der Waals surface area contributed by atoms with Crippen molar-refractivity contribution in [3.05, 3.63) is 95.6 Å². The Morgan fingerprint density at radius 2 is 1.38 bits per heavy atom. The summed E-state index contributed by atoms with van der Waals surface area (Å²) in [4.78, 5) is 41.5. The monoisotopic (exact) mass is 640 g/mol. The SMILES string of the molecule is CCCC(C(=O)OC(C)(C)C)C(CCCc1ccc(-c2ccccc2)c(C)c1)C(=O)NC(C(=O)NC(C)c1ccccc1)C(C)(C)C. The summed E-state index contributed by atoms with van der Waals surface area (Å²) in [7, 11) is 0. The lowest BCUT2D eigenvalue weighted by molar-refractivity contribution is -0.164. The molecule has 0 spiro atoms. The van der Waals surface area contributed by atoms with Crippen LogP contribution in [0.3, 0.4) is 0 Å². The summed E-state index contributed by atoms with van der Waals surface area (Å²) in [5.74, 6) is -2.16. The van der Waals surface area contributed by atoms with E-state index in [1.807, 2.05) is 104 Å². The standard InChI is InChI=1S/C41H56N2O4/c1-10-18-35(39(46)47-41(7,8)9)34(24-17-19-30-25-26-33(28(2)27-30)32-22-15-12-16-23-32)37(44)43-36(40(4,5)6)38(45)42-29(3)31-20-13-11-14-21-31/h11-16,20-23,25-27,29,34-36H,10,17-19,24H2,1-9H3,(H,42,45)(H,43,44). The Morgan fingerprint density at radius 1 is 0.766 bits per heavy atom. The van der Waals surface area contributed by atoms with Gasteiger partial charge < -0.3 is 15.4 Å². The summed E-state index contributed by atoms with van der Waals surface area (Å²) in [5.41, 5.74) is 4.51. The van der Waals surface area contributed by atoms with Crippen molar-refractivity contribution >= 4 is 17.8 Å². The zero-order chi connectivity index (χ0) is 34.8. The van der Waals surface area contributed by atoms with E-state index in [2.05, 4.69) is 47.9 Å². The van der Waals surface area contributed by atoms with Gasteiger partial charge in [0.25, 0.3) is 0 Å². The van der Waals surface area contributed by atoms with Gasteiger partial charge in [0.2, 0.25) is 11.8 Å². The van der Waals surface area contributed by atoms with Gasteiger partial charge in [-0.25, -0.2) is 0 Å². The number of benzene rings is 3. The number of aryl methyl sites for hydroxylation is 2. The molecular weight excluding hydrogens is 584 g/mol. The normalized spacial score (nSPS) is 14.4. The maximum Gasteiger partial charge on any atom is 0.310 e. The van der Waals surface area contributed by atoms with E-state index in [0.717, 1.165) is 18.4 Å². The second-order valence-electron chi connectivity index (χ2n) is 14.9. The number of rotatable bonds is 14. The molecule has 6 nitrogen and oxygen atoms in total. The smallest absolute Gasteiger partial charge is 0.310 e. The molecule has 0 aliphatic heterocycles. The van der Waals surface area contributed by atoms with Gasteiger partial charge in [0.05, 0.1) is 17.9 Å². The van der Waals surface area contributed by atoms with E-state index in [0.29, 0.717) is 19.3 Å². The van der Waals surface area contributed by atoms with E-state index in [1.54, 1.807) is 0 Å². The molecule has 0 aliphatic rings. The lowest BCUT2D eigenvalue weighted by Crippen LogP contribution is -2.56. The van der Waals surface area contributed by atoms with Gasteiger partial charge in [0.15, 0.2) is 0 Å². The minimum atomic E-state index is -0.794. The molecule has 2 N–H and O–H groups in total. The zero-order valence-electron chi connectivity index (χ0n) is 30.0. The fourth-order valence-corrected chi connectivity index (χ4v) is 6.08. The Kier molecular flexibility index (Phi) is 13.4. The molecule has 3 aromatic carbocycles. The molecule has 0 saturated heterocycles.